The number of rotatable bonds is 6. The maximum Gasteiger partial charge on any atom is 0.511 e. The average Bonchev–Trinajstić information content (AvgIpc) is 2.58. The van der Waals surface area contributed by atoms with Gasteiger partial charge in [0.15, 0.2) is 0 Å². The van der Waals surface area contributed by atoms with Crippen LogP contribution in [0.15, 0.2) is 23.1 Å². The molecule has 28 heavy (non-hydrogen) atoms. The van der Waals surface area contributed by atoms with Crippen molar-refractivity contribution in [2.75, 3.05) is 31.6 Å². The number of alkyl halides is 3. The molecule has 0 bridgehead atoms. The van der Waals surface area contributed by atoms with Crippen molar-refractivity contribution < 1.29 is 39.7 Å². The van der Waals surface area contributed by atoms with Crippen LogP contribution in [0.3, 0.4) is 0 Å². The summed E-state index contributed by atoms with van der Waals surface area (Å²) in [5.41, 5.74) is -6.23. The van der Waals surface area contributed by atoms with Gasteiger partial charge in [-0.1, -0.05) is 0 Å². The first-order valence-electron chi connectivity index (χ1n) is 7.46. The molecule has 3 N–H and O–H groups in total. The third kappa shape index (κ3) is 4.88. The highest BCUT2D eigenvalue weighted by molar-refractivity contribution is 7.90. The van der Waals surface area contributed by atoms with Crippen LogP contribution in [0.4, 0.5) is 24.5 Å². The van der Waals surface area contributed by atoms with Crippen LogP contribution in [0.5, 0.6) is 0 Å². The molecule has 1 heterocycles. The number of nitrogens with two attached hydrogens (primary N) is 1. The van der Waals surface area contributed by atoms with Crippen LogP contribution in [0, 0.1) is 10.1 Å². The van der Waals surface area contributed by atoms with E-state index in [0.29, 0.717) is 0 Å². The number of nitro benzene ring substituents is 1. The van der Waals surface area contributed by atoms with Crippen molar-refractivity contribution in [3.63, 3.8) is 0 Å². The fourth-order valence-corrected chi connectivity index (χ4v) is 3.90. The molecule has 2 rings (SSSR count). The van der Waals surface area contributed by atoms with Crippen LogP contribution in [0.2, 0.25) is 0 Å². The smallest absolute Gasteiger partial charge is 0.377 e. The van der Waals surface area contributed by atoms with E-state index in [1.165, 1.54) is 0 Å². The first kappa shape index (κ1) is 22.3. The number of nitrogens with zero attached hydrogens (tertiary/aromatic N) is 2. The monoisotopic (exact) mass is 448 g/mol. The molecule has 1 aliphatic heterocycles. The van der Waals surface area contributed by atoms with Gasteiger partial charge in [-0.15, -0.1) is 0 Å². The zero-order valence-electron chi connectivity index (χ0n) is 13.9. The minimum Gasteiger partial charge on any atom is -0.377 e. The molecule has 1 fully saturated rings. The minimum absolute atomic E-state index is 0.142. The number of sulfonamides is 2. The lowest BCUT2D eigenvalue weighted by Crippen LogP contribution is -2.51. The van der Waals surface area contributed by atoms with Gasteiger partial charge >= 0.3 is 15.5 Å². The second-order valence-corrected chi connectivity index (χ2v) is 9.15. The van der Waals surface area contributed by atoms with Gasteiger partial charge in [0, 0.05) is 25.7 Å². The van der Waals surface area contributed by atoms with Crippen molar-refractivity contribution in [3.8, 4) is 0 Å². The van der Waals surface area contributed by atoms with Crippen molar-refractivity contribution in [2.24, 2.45) is 5.14 Å². The summed E-state index contributed by atoms with van der Waals surface area (Å²) in [5.74, 6) is 0. The summed E-state index contributed by atoms with van der Waals surface area (Å²) in [6.07, 6.45) is -1.02. The number of morpholine rings is 1. The SMILES string of the molecule is NS(=O)(=O)c1ccc(NCC2CN(S(=O)(=O)C(F)(F)F)CCO2)c([N+](=O)[O-])c1. The van der Waals surface area contributed by atoms with E-state index in [4.69, 9.17) is 9.88 Å². The Kier molecular flexibility index (Phi) is 6.19. The number of nitro groups is 1. The summed E-state index contributed by atoms with van der Waals surface area (Å²) in [7, 11) is -9.71. The van der Waals surface area contributed by atoms with E-state index >= 15 is 0 Å². The van der Waals surface area contributed by atoms with E-state index in [0.717, 1.165) is 18.2 Å². The Balaban J connectivity index is 2.15. The van der Waals surface area contributed by atoms with E-state index in [9.17, 15) is 40.1 Å². The lowest BCUT2D eigenvalue weighted by Gasteiger charge is -2.32. The maximum atomic E-state index is 12.7. The Labute approximate surface area is 157 Å². The van der Waals surface area contributed by atoms with Gasteiger partial charge in [-0.25, -0.2) is 22.0 Å². The third-order valence-electron chi connectivity index (χ3n) is 3.75. The van der Waals surface area contributed by atoms with E-state index in [1.807, 2.05) is 0 Å². The molecule has 1 unspecified atom stereocenters. The fraction of sp³-hybridized carbons (Fsp3) is 0.500. The molecule has 16 heteroatoms. The molecule has 0 radical (unpaired) electrons. The molecule has 1 aromatic carbocycles. The van der Waals surface area contributed by atoms with Crippen LogP contribution < -0.4 is 10.5 Å². The maximum absolute atomic E-state index is 12.7. The molecule has 1 atom stereocenters. The minimum atomic E-state index is -5.52. The summed E-state index contributed by atoms with van der Waals surface area (Å²) in [6, 6.07) is 2.79. The topological polar surface area (TPSA) is 162 Å². The summed E-state index contributed by atoms with van der Waals surface area (Å²) in [5, 5.41) is 18.6. The van der Waals surface area contributed by atoms with Crippen LogP contribution in [-0.4, -0.2) is 63.9 Å². The molecule has 0 saturated carbocycles. The summed E-state index contributed by atoms with van der Waals surface area (Å²) < 4.78 is 88.9. The van der Waals surface area contributed by atoms with Crippen LogP contribution in [-0.2, 0) is 24.8 Å². The van der Waals surface area contributed by atoms with Crippen LogP contribution in [0.1, 0.15) is 0 Å². The Morgan fingerprint density at radius 3 is 2.50 bits per heavy atom. The number of halogens is 3. The summed E-state index contributed by atoms with van der Waals surface area (Å²) in [4.78, 5) is 9.76. The number of nitrogens with one attached hydrogen (secondary N) is 1. The molecule has 1 aromatic rings. The number of hydrogen-bond acceptors (Lipinski definition) is 8. The molecular weight excluding hydrogens is 433 g/mol. The Morgan fingerprint density at radius 1 is 1.32 bits per heavy atom. The molecule has 0 aromatic heterocycles. The van der Waals surface area contributed by atoms with E-state index in [2.05, 4.69) is 5.32 Å². The highest BCUT2D eigenvalue weighted by Gasteiger charge is 2.51. The standard InChI is InChI=1S/C12H15F3N4O7S2/c13-12(14,15)28(24,25)18-3-4-26-8(7-18)6-17-10-2-1-9(27(16,22)23)5-11(10)19(20)21/h1-2,5,8,17H,3-4,6-7H2,(H2,16,22,23). The van der Waals surface area contributed by atoms with Gasteiger partial charge in [0.05, 0.1) is 22.5 Å². The average molecular weight is 448 g/mol. The number of primary sulfonamides is 1. The van der Waals surface area contributed by atoms with Crippen molar-refractivity contribution in [1.82, 2.24) is 4.31 Å². The van der Waals surface area contributed by atoms with Crippen molar-refractivity contribution in [2.45, 2.75) is 16.5 Å². The van der Waals surface area contributed by atoms with Crippen LogP contribution in [0.25, 0.3) is 0 Å². The number of ether oxygens (including phenoxy) is 1. The Hall–Kier alpha value is -2.01. The molecule has 1 aliphatic rings. The van der Waals surface area contributed by atoms with Gasteiger partial charge in [-0.2, -0.15) is 17.5 Å². The molecule has 0 aliphatic carbocycles. The second kappa shape index (κ2) is 7.78. The Bertz CT molecular complexity index is 966. The predicted molar refractivity (Wildman–Crippen MR) is 89.2 cm³/mol. The summed E-state index contributed by atoms with van der Waals surface area (Å²) in [6.45, 7) is -1.66. The summed E-state index contributed by atoms with van der Waals surface area (Å²) >= 11 is 0. The quantitative estimate of drug-likeness (QED) is 0.461. The highest BCUT2D eigenvalue weighted by Crippen LogP contribution is 2.29. The number of anilines is 1. The fourth-order valence-electron chi connectivity index (χ4n) is 2.39. The van der Waals surface area contributed by atoms with Crippen molar-refractivity contribution >= 4 is 31.4 Å². The first-order chi connectivity index (χ1) is 12.7. The van der Waals surface area contributed by atoms with E-state index in [1.54, 1.807) is 0 Å². The third-order valence-corrected chi connectivity index (χ3v) is 6.26. The van der Waals surface area contributed by atoms with Crippen LogP contribution >= 0.6 is 0 Å². The van der Waals surface area contributed by atoms with Gasteiger partial charge in [-0.3, -0.25) is 10.1 Å². The lowest BCUT2D eigenvalue weighted by molar-refractivity contribution is -0.384. The number of hydrogen-bond donors (Lipinski definition) is 2. The van der Waals surface area contributed by atoms with Gasteiger partial charge in [-0.05, 0) is 12.1 Å². The lowest BCUT2D eigenvalue weighted by atomic mass is 10.2. The second-order valence-electron chi connectivity index (χ2n) is 5.66. The molecule has 0 spiro atoms. The number of benzene rings is 1. The molecule has 1 saturated heterocycles. The molecule has 158 valence electrons. The van der Waals surface area contributed by atoms with E-state index in [-0.39, 0.29) is 23.1 Å². The van der Waals surface area contributed by atoms with Crippen molar-refractivity contribution in [1.29, 1.82) is 0 Å². The zero-order valence-corrected chi connectivity index (χ0v) is 15.6. The van der Waals surface area contributed by atoms with Crippen molar-refractivity contribution in [3.05, 3.63) is 28.3 Å². The zero-order chi connectivity index (χ0) is 21.3. The largest absolute Gasteiger partial charge is 0.511 e. The van der Waals surface area contributed by atoms with Gasteiger partial charge in [0.25, 0.3) is 5.69 Å². The van der Waals surface area contributed by atoms with E-state index < -0.39 is 60.3 Å². The van der Waals surface area contributed by atoms with Gasteiger partial charge in [0.1, 0.15) is 5.69 Å². The Morgan fingerprint density at radius 2 is 1.96 bits per heavy atom. The molecule has 11 nitrogen and oxygen atoms in total. The first-order valence-corrected chi connectivity index (χ1v) is 10.5. The normalized spacial score (nSPS) is 19.4. The van der Waals surface area contributed by atoms with Gasteiger partial charge < -0.3 is 10.1 Å². The molecule has 0 amide bonds. The van der Waals surface area contributed by atoms with Gasteiger partial charge in [0.2, 0.25) is 10.0 Å². The molecular formula is C12H15F3N4O7S2. The predicted octanol–water partition coefficient (Wildman–Crippen LogP) is 0.205. The highest BCUT2D eigenvalue weighted by atomic mass is 32.2.